The molecule has 2 amide bonds. The molecule has 1 unspecified atom stereocenters. The van der Waals surface area contributed by atoms with Gasteiger partial charge in [-0.2, -0.15) is 0 Å². The summed E-state index contributed by atoms with van der Waals surface area (Å²) in [5, 5.41) is -0.0769. The molecule has 0 spiro atoms. The number of amides is 2. The molecule has 1 heterocycles. The van der Waals surface area contributed by atoms with E-state index in [1.807, 2.05) is 54.6 Å². The second-order valence-corrected chi connectivity index (χ2v) is 7.26. The van der Waals surface area contributed by atoms with Crippen molar-refractivity contribution in [1.82, 2.24) is 4.90 Å². The topological polar surface area (TPSA) is 85.0 Å². The van der Waals surface area contributed by atoms with Gasteiger partial charge in [-0.1, -0.05) is 42.1 Å². The Morgan fingerprint density at radius 2 is 1.93 bits per heavy atom. The molecule has 0 radical (unpaired) electrons. The standard InChI is InChI=1S/C20H21N3O3S/c1-26-16-9-7-14(8-10-16)11-12-23-18(24)13-17(19(21)25)27-20(23)22-15-5-3-2-4-6-15/h2-10,17H,11-13H2,1H3,(H2,21,25). The molecule has 2 aromatic carbocycles. The van der Waals surface area contributed by atoms with Gasteiger partial charge in [-0.25, -0.2) is 4.99 Å². The van der Waals surface area contributed by atoms with Gasteiger partial charge in [-0.3, -0.25) is 14.5 Å². The fraction of sp³-hybridized carbons (Fsp3) is 0.250. The largest absolute Gasteiger partial charge is 0.497 e. The van der Waals surface area contributed by atoms with Gasteiger partial charge in [0.05, 0.1) is 18.0 Å². The first-order valence-electron chi connectivity index (χ1n) is 8.60. The lowest BCUT2D eigenvalue weighted by Crippen LogP contribution is -2.46. The first-order chi connectivity index (χ1) is 13.1. The number of nitrogens with zero attached hydrogens (tertiary/aromatic N) is 2. The van der Waals surface area contributed by atoms with Gasteiger partial charge in [0.2, 0.25) is 11.8 Å². The highest BCUT2D eigenvalue weighted by molar-refractivity contribution is 8.15. The van der Waals surface area contributed by atoms with E-state index >= 15 is 0 Å². The molecule has 0 bridgehead atoms. The van der Waals surface area contributed by atoms with E-state index in [0.717, 1.165) is 17.0 Å². The zero-order valence-corrected chi connectivity index (χ0v) is 15.8. The van der Waals surface area contributed by atoms with Gasteiger partial charge in [-0.15, -0.1) is 0 Å². The molecule has 3 rings (SSSR count). The van der Waals surface area contributed by atoms with Crippen LogP contribution in [0.5, 0.6) is 5.75 Å². The van der Waals surface area contributed by atoms with Crippen LogP contribution in [0.4, 0.5) is 5.69 Å². The van der Waals surface area contributed by atoms with E-state index < -0.39 is 11.2 Å². The lowest BCUT2D eigenvalue weighted by molar-refractivity contribution is -0.129. The number of aliphatic imine (C=N–C) groups is 1. The summed E-state index contributed by atoms with van der Waals surface area (Å²) in [7, 11) is 1.63. The minimum atomic E-state index is -0.586. The molecule has 1 atom stereocenters. The summed E-state index contributed by atoms with van der Waals surface area (Å²) in [4.78, 5) is 30.5. The molecule has 1 aliphatic rings. The van der Waals surface area contributed by atoms with Crippen LogP contribution in [0, 0.1) is 0 Å². The number of thioether (sulfide) groups is 1. The van der Waals surface area contributed by atoms with Crippen molar-refractivity contribution in [2.75, 3.05) is 13.7 Å². The van der Waals surface area contributed by atoms with Crippen molar-refractivity contribution in [1.29, 1.82) is 0 Å². The zero-order valence-electron chi connectivity index (χ0n) is 15.0. The number of nitrogens with two attached hydrogens (primary N) is 1. The lowest BCUT2D eigenvalue weighted by atomic mass is 10.1. The number of ether oxygens (including phenoxy) is 1. The van der Waals surface area contributed by atoms with Gasteiger partial charge < -0.3 is 10.5 Å². The van der Waals surface area contributed by atoms with E-state index in [9.17, 15) is 9.59 Å². The highest BCUT2D eigenvalue weighted by atomic mass is 32.2. The predicted octanol–water partition coefficient (Wildman–Crippen LogP) is 2.74. The maximum atomic E-state index is 12.6. The molecular weight excluding hydrogens is 362 g/mol. The molecule has 0 aromatic heterocycles. The number of methoxy groups -OCH3 is 1. The summed E-state index contributed by atoms with van der Waals surface area (Å²) in [5.74, 6) is 0.156. The van der Waals surface area contributed by atoms with E-state index in [2.05, 4.69) is 4.99 Å². The van der Waals surface area contributed by atoms with E-state index in [0.29, 0.717) is 18.1 Å². The highest BCUT2D eigenvalue weighted by Crippen LogP contribution is 2.29. The average Bonchev–Trinajstić information content (AvgIpc) is 2.68. The number of hydrogen-bond acceptors (Lipinski definition) is 5. The molecule has 6 nitrogen and oxygen atoms in total. The minimum absolute atomic E-state index is 0.0937. The van der Waals surface area contributed by atoms with Gasteiger partial charge in [0.1, 0.15) is 5.75 Å². The number of amidine groups is 1. The van der Waals surface area contributed by atoms with E-state index in [1.54, 1.807) is 12.0 Å². The summed E-state index contributed by atoms with van der Waals surface area (Å²) in [6.45, 7) is 0.481. The molecule has 1 saturated heterocycles. The fourth-order valence-corrected chi connectivity index (χ4v) is 3.79. The Hall–Kier alpha value is -2.80. The molecule has 0 aliphatic carbocycles. The van der Waals surface area contributed by atoms with Crippen LogP contribution < -0.4 is 10.5 Å². The molecule has 27 heavy (non-hydrogen) atoms. The molecule has 1 aliphatic heterocycles. The van der Waals surface area contributed by atoms with Crippen LogP contribution >= 0.6 is 11.8 Å². The van der Waals surface area contributed by atoms with Crippen molar-refractivity contribution in [2.24, 2.45) is 10.7 Å². The van der Waals surface area contributed by atoms with E-state index in [-0.39, 0.29) is 12.3 Å². The molecule has 0 saturated carbocycles. The molecule has 7 heteroatoms. The van der Waals surface area contributed by atoms with Crippen molar-refractivity contribution >= 4 is 34.4 Å². The van der Waals surface area contributed by atoms with Gasteiger partial charge in [0.25, 0.3) is 0 Å². The van der Waals surface area contributed by atoms with E-state index in [1.165, 1.54) is 11.8 Å². The average molecular weight is 383 g/mol. The first kappa shape index (κ1) is 19.0. The Balaban J connectivity index is 1.79. The number of carbonyl (C=O) groups is 2. The summed E-state index contributed by atoms with van der Waals surface area (Å²) in [6.07, 6.45) is 0.766. The quantitative estimate of drug-likeness (QED) is 0.831. The van der Waals surface area contributed by atoms with Gasteiger partial charge in [-0.05, 0) is 36.2 Å². The van der Waals surface area contributed by atoms with Gasteiger partial charge in [0.15, 0.2) is 5.17 Å². The summed E-state index contributed by atoms with van der Waals surface area (Å²) in [6, 6.07) is 17.1. The van der Waals surface area contributed by atoms with Crippen molar-refractivity contribution in [2.45, 2.75) is 18.1 Å². The third-order valence-corrected chi connectivity index (χ3v) is 5.43. The van der Waals surface area contributed by atoms with Crippen LogP contribution in [-0.4, -0.2) is 40.8 Å². The minimum Gasteiger partial charge on any atom is -0.497 e. The number of primary amides is 1. The van der Waals surface area contributed by atoms with Crippen molar-refractivity contribution in [3.8, 4) is 5.75 Å². The number of para-hydroxylation sites is 1. The third kappa shape index (κ3) is 4.89. The lowest BCUT2D eigenvalue weighted by Gasteiger charge is -2.31. The van der Waals surface area contributed by atoms with E-state index in [4.69, 9.17) is 10.5 Å². The Bertz CT molecular complexity index is 837. The number of hydrogen-bond donors (Lipinski definition) is 1. The summed E-state index contributed by atoms with van der Waals surface area (Å²) < 4.78 is 5.17. The molecule has 1 fully saturated rings. The normalized spacial score (nSPS) is 18.6. The monoisotopic (exact) mass is 383 g/mol. The first-order valence-corrected chi connectivity index (χ1v) is 9.48. The van der Waals surface area contributed by atoms with Crippen molar-refractivity contribution < 1.29 is 14.3 Å². The van der Waals surface area contributed by atoms with Crippen molar-refractivity contribution in [3.63, 3.8) is 0 Å². The highest BCUT2D eigenvalue weighted by Gasteiger charge is 2.34. The maximum absolute atomic E-state index is 12.6. The SMILES string of the molecule is COc1ccc(CCN2C(=O)CC(C(N)=O)SC2=Nc2ccccc2)cc1. The third-order valence-electron chi connectivity index (χ3n) is 4.22. The second kappa shape index (κ2) is 8.73. The van der Waals surface area contributed by atoms with Crippen LogP contribution in [0.25, 0.3) is 0 Å². The number of benzene rings is 2. The molecule has 2 N–H and O–H groups in total. The van der Waals surface area contributed by atoms with Gasteiger partial charge >= 0.3 is 0 Å². The van der Waals surface area contributed by atoms with Crippen molar-refractivity contribution in [3.05, 3.63) is 60.2 Å². The second-order valence-electron chi connectivity index (χ2n) is 6.09. The molecular formula is C20H21N3O3S. The Morgan fingerprint density at radius 1 is 1.22 bits per heavy atom. The Morgan fingerprint density at radius 3 is 2.56 bits per heavy atom. The van der Waals surface area contributed by atoms with Crippen LogP contribution in [0.15, 0.2) is 59.6 Å². The summed E-state index contributed by atoms with van der Waals surface area (Å²) >= 11 is 1.25. The van der Waals surface area contributed by atoms with Crippen LogP contribution in [0.1, 0.15) is 12.0 Å². The predicted molar refractivity (Wildman–Crippen MR) is 107 cm³/mol. The number of carbonyl (C=O) groups excluding carboxylic acids is 2. The van der Waals surface area contributed by atoms with Crippen LogP contribution in [0.2, 0.25) is 0 Å². The number of rotatable bonds is 6. The van der Waals surface area contributed by atoms with Crippen LogP contribution in [0.3, 0.4) is 0 Å². The Kier molecular flexibility index (Phi) is 6.13. The fourth-order valence-electron chi connectivity index (χ4n) is 2.72. The molecule has 140 valence electrons. The maximum Gasteiger partial charge on any atom is 0.231 e. The smallest absolute Gasteiger partial charge is 0.231 e. The summed E-state index contributed by atoms with van der Waals surface area (Å²) in [5.41, 5.74) is 7.24. The Labute approximate surface area is 162 Å². The molecule has 2 aromatic rings. The van der Waals surface area contributed by atoms with Crippen LogP contribution in [-0.2, 0) is 16.0 Å². The zero-order chi connectivity index (χ0) is 19.2. The van der Waals surface area contributed by atoms with Gasteiger partial charge in [0, 0.05) is 13.0 Å².